The van der Waals surface area contributed by atoms with Crippen LogP contribution in [0.5, 0.6) is 5.75 Å². The van der Waals surface area contributed by atoms with Gasteiger partial charge in [0.05, 0.1) is 38.0 Å². The molecule has 1 aromatic carbocycles. The van der Waals surface area contributed by atoms with Crippen LogP contribution in [0.4, 0.5) is 4.39 Å². The summed E-state index contributed by atoms with van der Waals surface area (Å²) in [5.41, 5.74) is 2.01. The van der Waals surface area contributed by atoms with E-state index >= 15 is 0 Å². The van der Waals surface area contributed by atoms with Crippen LogP contribution in [0, 0.1) is 5.82 Å². The molecule has 0 saturated heterocycles. The molecule has 2 heterocycles. The third kappa shape index (κ3) is 5.89. The minimum absolute atomic E-state index is 0.0445. The van der Waals surface area contributed by atoms with Crippen molar-refractivity contribution in [3.63, 3.8) is 0 Å². The van der Waals surface area contributed by atoms with E-state index in [-0.39, 0.29) is 42.4 Å². The molecule has 2 N–H and O–H groups in total. The lowest BCUT2D eigenvalue weighted by atomic mass is 9.86. The number of halogens is 1. The zero-order valence-corrected chi connectivity index (χ0v) is 20.2. The Balaban J connectivity index is 2.29. The number of carbonyl (C=O) groups is 1. The molecule has 0 aliphatic carbocycles. The van der Waals surface area contributed by atoms with Gasteiger partial charge in [-0.15, -0.1) is 0 Å². The Kier molecular flexibility index (Phi) is 9.00. The van der Waals surface area contributed by atoms with Gasteiger partial charge in [0, 0.05) is 6.20 Å². The number of aliphatic hydroxyl groups excluding tert-OH is 2. The van der Waals surface area contributed by atoms with Gasteiger partial charge in [-0.05, 0) is 43.0 Å². The Hall–Kier alpha value is -3.24. The third-order valence-corrected chi connectivity index (χ3v) is 5.72. The van der Waals surface area contributed by atoms with Crippen LogP contribution in [-0.2, 0) is 17.7 Å². The van der Waals surface area contributed by atoms with E-state index in [0.717, 1.165) is 17.5 Å². The number of aromatic nitrogens is 2. The first kappa shape index (κ1) is 26.4. The zero-order valence-electron chi connectivity index (χ0n) is 20.2. The molecule has 1 atom stereocenters. The van der Waals surface area contributed by atoms with Crippen LogP contribution in [0.1, 0.15) is 48.2 Å². The molecular weight excluding hydrogens is 454 g/mol. The lowest BCUT2D eigenvalue weighted by Gasteiger charge is -2.21. The molecule has 35 heavy (non-hydrogen) atoms. The summed E-state index contributed by atoms with van der Waals surface area (Å²) < 4.78 is 25.6. The predicted molar refractivity (Wildman–Crippen MR) is 133 cm³/mol. The number of rotatable bonds is 11. The maximum Gasteiger partial charge on any atom is 0.347 e. The van der Waals surface area contributed by atoms with E-state index in [1.165, 1.54) is 16.7 Å². The molecule has 10 heteroatoms. The number of nitrogens with zero attached hydrogens (tertiary/aromatic N) is 2. The van der Waals surface area contributed by atoms with Crippen LogP contribution in [0.2, 0.25) is 0 Å². The topological polar surface area (TPSA) is 111 Å². The van der Waals surface area contributed by atoms with Crippen molar-refractivity contribution in [1.82, 2.24) is 9.55 Å². The number of carbonyl (C=O) groups excluding carboxylic acids is 1. The molecule has 2 aromatic heterocycles. The van der Waals surface area contributed by atoms with E-state index in [1.54, 1.807) is 25.3 Å². The number of unbranched alkanes of at least 4 members (excludes halogenated alkanes) is 1. The van der Waals surface area contributed by atoms with Gasteiger partial charge in [-0.25, -0.2) is 9.18 Å². The van der Waals surface area contributed by atoms with Gasteiger partial charge in [0.15, 0.2) is 11.3 Å². The molecule has 186 valence electrons. The van der Waals surface area contributed by atoms with Gasteiger partial charge in [0.25, 0.3) is 5.56 Å². The Bertz CT molecular complexity index is 1250. The van der Waals surface area contributed by atoms with E-state index in [0.29, 0.717) is 23.8 Å². The highest BCUT2D eigenvalue weighted by Crippen LogP contribution is 2.27. The van der Waals surface area contributed by atoms with Gasteiger partial charge in [0.1, 0.15) is 19.2 Å². The van der Waals surface area contributed by atoms with Crippen LogP contribution < -0.4 is 15.8 Å². The van der Waals surface area contributed by atoms with Crippen LogP contribution >= 0.6 is 0 Å². The smallest absolute Gasteiger partial charge is 0.347 e. The van der Waals surface area contributed by atoms with Crippen LogP contribution in [0.25, 0.3) is 11.0 Å². The molecule has 0 aliphatic heterocycles. The first-order chi connectivity index (χ1) is 16.8. The second kappa shape index (κ2) is 11.9. The van der Waals surface area contributed by atoms with Crippen molar-refractivity contribution in [3.05, 3.63) is 63.3 Å². The Morgan fingerprint density at radius 2 is 1.97 bits per heavy atom. The largest absolute Gasteiger partial charge is 0.490 e. The van der Waals surface area contributed by atoms with Gasteiger partial charge >= 0.3 is 5.97 Å². The Labute approximate surface area is 203 Å². The molecule has 8 nitrogen and oxygen atoms in total. The van der Waals surface area contributed by atoms with Crippen LogP contribution in [0.3, 0.4) is 0 Å². The van der Waals surface area contributed by atoms with Crippen molar-refractivity contribution >= 4 is 30.3 Å². The second-order valence-corrected chi connectivity index (χ2v) is 8.29. The van der Waals surface area contributed by atoms with E-state index < -0.39 is 24.2 Å². The zero-order chi connectivity index (χ0) is 25.5. The molecule has 0 radical (unpaired) electrons. The molecular formula is C25H30BFN2O6. The average Bonchev–Trinajstić information content (AvgIpc) is 2.84. The average molecular weight is 484 g/mol. The van der Waals surface area contributed by atoms with Gasteiger partial charge in [-0.2, -0.15) is 0 Å². The first-order valence-corrected chi connectivity index (χ1v) is 11.7. The number of esters is 1. The van der Waals surface area contributed by atoms with Crippen molar-refractivity contribution in [2.24, 2.45) is 0 Å². The fourth-order valence-corrected chi connectivity index (χ4v) is 3.86. The van der Waals surface area contributed by atoms with E-state index in [9.17, 15) is 24.2 Å². The number of ether oxygens (including phenoxy) is 2. The summed E-state index contributed by atoms with van der Waals surface area (Å²) in [6.45, 7) is 3.14. The van der Waals surface area contributed by atoms with Crippen molar-refractivity contribution in [1.29, 1.82) is 0 Å². The van der Waals surface area contributed by atoms with E-state index in [1.807, 2.05) is 14.8 Å². The Morgan fingerprint density at radius 3 is 2.60 bits per heavy atom. The summed E-state index contributed by atoms with van der Waals surface area (Å²) in [4.78, 5) is 31.0. The highest BCUT2D eigenvalue weighted by atomic mass is 19.1. The second-order valence-electron chi connectivity index (χ2n) is 8.29. The minimum Gasteiger partial charge on any atom is -0.490 e. The number of pyridine rings is 2. The SMILES string of the molecule is Bc1c(Cc2ccc(F)cc2)cnc2c(OCCCC)c(C(=O)OCC)c(=O)n(C[C@@H](O)CO)c12. The highest BCUT2D eigenvalue weighted by Gasteiger charge is 2.28. The molecule has 0 amide bonds. The van der Waals surface area contributed by atoms with Gasteiger partial charge in [-0.3, -0.25) is 9.78 Å². The van der Waals surface area contributed by atoms with Crippen LogP contribution in [0.15, 0.2) is 35.3 Å². The van der Waals surface area contributed by atoms with E-state index in [4.69, 9.17) is 9.47 Å². The monoisotopic (exact) mass is 484 g/mol. The predicted octanol–water partition coefficient (Wildman–Crippen LogP) is 1.09. The standard InChI is InChI=1S/C25H30BFN2O6/c1-3-5-10-35-23-19(25(33)34-4-2)24(32)29(13-18(31)14-30)22-20(26)16(12-28-21(22)23)11-15-6-8-17(27)9-7-15/h6-9,12,18,30-31H,3-5,10-11,13-14,26H2,1-2H3/t18-/m1/s1. The van der Waals surface area contributed by atoms with Crippen molar-refractivity contribution in [3.8, 4) is 5.75 Å². The summed E-state index contributed by atoms with van der Waals surface area (Å²) in [5.74, 6) is -1.13. The van der Waals surface area contributed by atoms with Crippen molar-refractivity contribution in [2.75, 3.05) is 19.8 Å². The maximum atomic E-state index is 13.6. The number of benzene rings is 1. The Morgan fingerprint density at radius 1 is 1.26 bits per heavy atom. The summed E-state index contributed by atoms with van der Waals surface area (Å²) in [7, 11) is 1.81. The lowest BCUT2D eigenvalue weighted by Crippen LogP contribution is -2.36. The number of aliphatic hydroxyl groups is 2. The maximum absolute atomic E-state index is 13.6. The fraction of sp³-hybridized carbons (Fsp3) is 0.400. The molecule has 0 unspecified atom stereocenters. The molecule has 0 aliphatic rings. The van der Waals surface area contributed by atoms with Gasteiger partial charge in [-0.1, -0.05) is 30.9 Å². The normalized spacial score (nSPS) is 12.0. The van der Waals surface area contributed by atoms with Gasteiger partial charge < -0.3 is 24.3 Å². The fourth-order valence-electron chi connectivity index (χ4n) is 3.86. The third-order valence-electron chi connectivity index (χ3n) is 5.72. The molecule has 0 bridgehead atoms. The quantitative estimate of drug-likeness (QED) is 0.238. The number of hydrogen-bond acceptors (Lipinski definition) is 7. The number of fused-ring (bicyclic) bond motifs is 1. The van der Waals surface area contributed by atoms with Crippen LogP contribution in [-0.4, -0.2) is 59.5 Å². The summed E-state index contributed by atoms with van der Waals surface area (Å²) in [6, 6.07) is 6.09. The van der Waals surface area contributed by atoms with Gasteiger partial charge in [0.2, 0.25) is 0 Å². The first-order valence-electron chi connectivity index (χ1n) is 11.7. The molecule has 3 rings (SSSR count). The minimum atomic E-state index is -1.24. The summed E-state index contributed by atoms with van der Waals surface area (Å²) >= 11 is 0. The van der Waals surface area contributed by atoms with Crippen molar-refractivity contribution < 1.29 is 28.9 Å². The molecule has 3 aromatic rings. The molecule has 0 fully saturated rings. The number of hydrogen-bond donors (Lipinski definition) is 2. The molecule has 0 spiro atoms. The van der Waals surface area contributed by atoms with E-state index in [2.05, 4.69) is 4.98 Å². The molecule has 0 saturated carbocycles. The lowest BCUT2D eigenvalue weighted by molar-refractivity contribution is 0.0516. The summed E-state index contributed by atoms with van der Waals surface area (Å²) in [5, 5.41) is 19.6. The highest BCUT2D eigenvalue weighted by molar-refractivity contribution is 6.39. The summed E-state index contributed by atoms with van der Waals surface area (Å²) in [6.07, 6.45) is 2.38. The van der Waals surface area contributed by atoms with Crippen molar-refractivity contribution in [2.45, 2.75) is 45.8 Å².